The molecule has 0 aliphatic heterocycles. The molecule has 0 aliphatic carbocycles. The molecule has 0 rings (SSSR count). The third-order valence-electron chi connectivity index (χ3n) is 1.88. The summed E-state index contributed by atoms with van der Waals surface area (Å²) in [5.74, 6) is 0.749. The first-order valence-electron chi connectivity index (χ1n) is 4.93. The Morgan fingerprint density at radius 3 is 2.17 bits per heavy atom. The van der Waals surface area contributed by atoms with Crippen LogP contribution in [0.4, 0.5) is 0 Å². The molecule has 0 bridgehead atoms. The Kier molecular flexibility index (Phi) is 6.39. The summed E-state index contributed by atoms with van der Waals surface area (Å²) in [5, 5.41) is 12.4. The first kappa shape index (κ1) is 11.9. The average Bonchev–Trinajstić information content (AvgIpc) is 1.84. The van der Waals surface area contributed by atoms with Crippen molar-refractivity contribution in [3.8, 4) is 0 Å². The van der Waals surface area contributed by atoms with Crippen molar-refractivity contribution in [1.29, 1.82) is 0 Å². The van der Waals surface area contributed by atoms with E-state index in [1.54, 1.807) is 0 Å². The van der Waals surface area contributed by atoms with Gasteiger partial charge in [-0.3, -0.25) is 0 Å². The fourth-order valence-electron chi connectivity index (χ4n) is 1.33. The van der Waals surface area contributed by atoms with Crippen molar-refractivity contribution in [3.63, 3.8) is 0 Å². The van der Waals surface area contributed by atoms with E-state index in [9.17, 15) is 0 Å². The van der Waals surface area contributed by atoms with Crippen LogP contribution in [-0.4, -0.2) is 23.8 Å². The lowest BCUT2D eigenvalue weighted by molar-refractivity contribution is 0.182. The third kappa shape index (κ3) is 8.02. The van der Waals surface area contributed by atoms with Crippen LogP contribution >= 0.6 is 0 Å². The van der Waals surface area contributed by atoms with Crippen LogP contribution in [0.5, 0.6) is 0 Å². The second kappa shape index (κ2) is 6.44. The van der Waals surface area contributed by atoms with Crippen molar-refractivity contribution in [3.05, 3.63) is 0 Å². The lowest BCUT2D eigenvalue weighted by Gasteiger charge is -2.16. The Labute approximate surface area is 76.4 Å². The summed E-state index contributed by atoms with van der Waals surface area (Å²) >= 11 is 0. The molecule has 0 heterocycles. The maximum atomic E-state index is 9.01. The molecule has 12 heavy (non-hydrogen) atoms. The smallest absolute Gasteiger partial charge is 0.0524 e. The fraction of sp³-hybridized carbons (Fsp3) is 1.00. The topological polar surface area (TPSA) is 32.3 Å². The summed E-state index contributed by atoms with van der Waals surface area (Å²) < 4.78 is 0. The van der Waals surface area contributed by atoms with Crippen LogP contribution in [-0.2, 0) is 0 Å². The van der Waals surface area contributed by atoms with Gasteiger partial charge >= 0.3 is 0 Å². The lowest BCUT2D eigenvalue weighted by Crippen LogP contribution is -2.29. The van der Waals surface area contributed by atoms with E-state index in [-0.39, 0.29) is 6.10 Å². The second-order valence-electron chi connectivity index (χ2n) is 4.12. The van der Waals surface area contributed by atoms with Gasteiger partial charge in [-0.2, -0.15) is 0 Å². The van der Waals surface area contributed by atoms with Crippen LogP contribution in [0.2, 0.25) is 0 Å². The van der Waals surface area contributed by atoms with Gasteiger partial charge in [-0.1, -0.05) is 13.8 Å². The summed E-state index contributed by atoms with van der Waals surface area (Å²) in [4.78, 5) is 0. The Balaban J connectivity index is 3.25. The van der Waals surface area contributed by atoms with E-state index in [0.717, 1.165) is 18.9 Å². The van der Waals surface area contributed by atoms with Gasteiger partial charge in [0.15, 0.2) is 0 Å². The summed E-state index contributed by atoms with van der Waals surface area (Å²) in [7, 11) is 0. The Morgan fingerprint density at radius 2 is 1.75 bits per heavy atom. The second-order valence-corrected chi connectivity index (χ2v) is 4.12. The van der Waals surface area contributed by atoms with Crippen molar-refractivity contribution in [2.75, 3.05) is 6.54 Å². The van der Waals surface area contributed by atoms with Crippen LogP contribution < -0.4 is 5.32 Å². The molecule has 74 valence electrons. The summed E-state index contributed by atoms with van der Waals surface area (Å²) in [6, 6.07) is 0.573. The van der Waals surface area contributed by atoms with E-state index in [1.807, 2.05) is 6.92 Å². The van der Waals surface area contributed by atoms with Gasteiger partial charge in [-0.25, -0.2) is 0 Å². The molecule has 0 radical (unpaired) electrons. The van der Waals surface area contributed by atoms with Gasteiger partial charge in [0.2, 0.25) is 0 Å². The van der Waals surface area contributed by atoms with Crippen molar-refractivity contribution in [1.82, 2.24) is 5.32 Å². The third-order valence-corrected chi connectivity index (χ3v) is 1.88. The minimum Gasteiger partial charge on any atom is -0.393 e. The molecule has 0 saturated carbocycles. The lowest BCUT2D eigenvalue weighted by atomic mass is 10.1. The maximum Gasteiger partial charge on any atom is 0.0524 e. The first-order valence-corrected chi connectivity index (χ1v) is 4.93. The normalized spacial score (nSPS) is 16.5. The van der Waals surface area contributed by atoms with E-state index < -0.39 is 0 Å². The highest BCUT2D eigenvalue weighted by molar-refractivity contribution is 4.63. The molecule has 0 aromatic heterocycles. The number of aliphatic hydroxyl groups is 1. The minimum absolute atomic E-state index is 0.177. The number of hydrogen-bond acceptors (Lipinski definition) is 2. The van der Waals surface area contributed by atoms with Crippen LogP contribution in [0, 0.1) is 5.92 Å². The monoisotopic (exact) mass is 173 g/mol. The van der Waals surface area contributed by atoms with Crippen molar-refractivity contribution < 1.29 is 5.11 Å². The average molecular weight is 173 g/mol. The molecule has 2 N–H and O–H groups in total. The number of nitrogens with one attached hydrogen (secondary N) is 1. The zero-order chi connectivity index (χ0) is 9.56. The SMILES string of the molecule is CC(C)C[C@H](C)NCC[C@@H](C)O. The van der Waals surface area contributed by atoms with E-state index in [2.05, 4.69) is 26.1 Å². The highest BCUT2D eigenvalue weighted by Gasteiger charge is 2.03. The molecule has 0 aliphatic rings. The van der Waals surface area contributed by atoms with Crippen LogP contribution in [0.25, 0.3) is 0 Å². The molecule has 0 aromatic rings. The maximum absolute atomic E-state index is 9.01. The van der Waals surface area contributed by atoms with Gasteiger partial charge in [0.05, 0.1) is 6.10 Å². The van der Waals surface area contributed by atoms with Gasteiger partial charge in [-0.05, 0) is 39.2 Å². The highest BCUT2D eigenvalue weighted by Crippen LogP contribution is 2.03. The summed E-state index contributed by atoms with van der Waals surface area (Å²) in [5.41, 5.74) is 0. The number of hydrogen-bond donors (Lipinski definition) is 2. The van der Waals surface area contributed by atoms with E-state index in [4.69, 9.17) is 5.11 Å². The predicted octanol–water partition coefficient (Wildman–Crippen LogP) is 1.78. The minimum atomic E-state index is -0.177. The van der Waals surface area contributed by atoms with Crippen molar-refractivity contribution >= 4 is 0 Å². The molecular formula is C10H23NO. The predicted molar refractivity (Wildman–Crippen MR) is 53.2 cm³/mol. The Morgan fingerprint density at radius 1 is 1.17 bits per heavy atom. The fourth-order valence-corrected chi connectivity index (χ4v) is 1.33. The highest BCUT2D eigenvalue weighted by atomic mass is 16.3. The molecular weight excluding hydrogens is 150 g/mol. The van der Waals surface area contributed by atoms with Crippen LogP contribution in [0.3, 0.4) is 0 Å². The van der Waals surface area contributed by atoms with Gasteiger partial charge in [0.25, 0.3) is 0 Å². The molecule has 2 heteroatoms. The molecule has 0 spiro atoms. The largest absolute Gasteiger partial charge is 0.393 e. The molecule has 0 unspecified atom stereocenters. The quantitative estimate of drug-likeness (QED) is 0.641. The van der Waals surface area contributed by atoms with E-state index in [0.29, 0.717) is 6.04 Å². The molecule has 2 nitrogen and oxygen atoms in total. The number of rotatable bonds is 6. The molecule has 0 fully saturated rings. The number of aliphatic hydroxyl groups excluding tert-OH is 1. The van der Waals surface area contributed by atoms with Crippen LogP contribution in [0.1, 0.15) is 40.5 Å². The summed E-state index contributed by atoms with van der Waals surface area (Å²) in [6.45, 7) is 9.40. The van der Waals surface area contributed by atoms with E-state index in [1.165, 1.54) is 6.42 Å². The molecule has 0 aromatic carbocycles. The Hall–Kier alpha value is -0.0800. The van der Waals surface area contributed by atoms with Gasteiger partial charge in [0.1, 0.15) is 0 Å². The Bertz CT molecular complexity index is 102. The molecule has 0 amide bonds. The van der Waals surface area contributed by atoms with Crippen LogP contribution in [0.15, 0.2) is 0 Å². The van der Waals surface area contributed by atoms with Crippen molar-refractivity contribution in [2.24, 2.45) is 5.92 Å². The first-order chi connectivity index (χ1) is 5.52. The molecule has 2 atom stereocenters. The van der Waals surface area contributed by atoms with Gasteiger partial charge in [0, 0.05) is 6.04 Å². The van der Waals surface area contributed by atoms with E-state index >= 15 is 0 Å². The zero-order valence-electron chi connectivity index (χ0n) is 8.80. The zero-order valence-corrected chi connectivity index (χ0v) is 8.80. The van der Waals surface area contributed by atoms with Gasteiger partial charge < -0.3 is 10.4 Å². The van der Waals surface area contributed by atoms with Crippen molar-refractivity contribution in [2.45, 2.75) is 52.7 Å². The standard InChI is InChI=1S/C10H23NO/c1-8(2)7-9(3)11-6-5-10(4)12/h8-12H,5-7H2,1-4H3/t9-,10+/m0/s1. The van der Waals surface area contributed by atoms with Gasteiger partial charge in [-0.15, -0.1) is 0 Å². The summed E-state index contributed by atoms with van der Waals surface area (Å²) in [6.07, 6.45) is 1.88. The molecule has 0 saturated heterocycles.